The van der Waals surface area contributed by atoms with E-state index in [-0.39, 0.29) is 11.9 Å². The molecule has 1 aromatic heterocycles. The first-order chi connectivity index (χ1) is 8.90. The number of aryl methyl sites for hydroxylation is 1. The van der Waals surface area contributed by atoms with Crippen LogP contribution in [0.5, 0.6) is 0 Å². The molecule has 2 aromatic rings. The van der Waals surface area contributed by atoms with Gasteiger partial charge in [-0.05, 0) is 32.9 Å². The van der Waals surface area contributed by atoms with Gasteiger partial charge in [0.05, 0.1) is 12.2 Å². The van der Waals surface area contributed by atoms with Crippen LogP contribution in [0.25, 0.3) is 0 Å². The summed E-state index contributed by atoms with van der Waals surface area (Å²) in [6, 6.07) is 4.59. The van der Waals surface area contributed by atoms with Crippen molar-refractivity contribution in [2.24, 2.45) is 5.73 Å². The van der Waals surface area contributed by atoms with Crippen molar-refractivity contribution in [3.8, 4) is 0 Å². The summed E-state index contributed by atoms with van der Waals surface area (Å²) in [6.45, 7) is 6.17. The first-order valence-electron chi connectivity index (χ1n) is 6.13. The fourth-order valence-corrected chi connectivity index (χ4v) is 2.49. The lowest BCUT2D eigenvalue weighted by molar-refractivity contribution is 0.578. The Balaban J connectivity index is 2.36. The average molecular weight is 282 g/mol. The molecule has 0 radical (unpaired) electrons. The van der Waals surface area contributed by atoms with Crippen molar-refractivity contribution < 1.29 is 4.39 Å². The fourth-order valence-electron chi connectivity index (χ4n) is 2.33. The fraction of sp³-hybridized carbons (Fsp3) is 0.357. The summed E-state index contributed by atoms with van der Waals surface area (Å²) >= 11 is 5.74. The maximum Gasteiger partial charge on any atom is 0.129 e. The van der Waals surface area contributed by atoms with Crippen LogP contribution in [0.15, 0.2) is 18.2 Å². The van der Waals surface area contributed by atoms with E-state index in [0.29, 0.717) is 17.1 Å². The average Bonchev–Trinajstić information content (AvgIpc) is 2.58. The van der Waals surface area contributed by atoms with Crippen LogP contribution in [0, 0.1) is 19.7 Å². The summed E-state index contributed by atoms with van der Waals surface area (Å²) in [7, 11) is 0. The number of hydrogen-bond acceptors (Lipinski definition) is 2. The minimum absolute atomic E-state index is 0.0798. The van der Waals surface area contributed by atoms with E-state index in [1.807, 2.05) is 20.8 Å². The second-order valence-corrected chi connectivity index (χ2v) is 5.20. The van der Waals surface area contributed by atoms with E-state index in [1.54, 1.807) is 16.8 Å². The van der Waals surface area contributed by atoms with Crippen LogP contribution >= 0.6 is 11.6 Å². The molecule has 0 fully saturated rings. The number of hydrogen-bond donors (Lipinski definition) is 1. The Labute approximate surface area is 117 Å². The smallest absolute Gasteiger partial charge is 0.129 e. The zero-order chi connectivity index (χ0) is 14.2. The summed E-state index contributed by atoms with van der Waals surface area (Å²) in [6.07, 6.45) is 0. The zero-order valence-electron chi connectivity index (χ0n) is 11.2. The Bertz CT molecular complexity index is 605. The molecular weight excluding hydrogens is 265 g/mol. The van der Waals surface area contributed by atoms with Crippen LogP contribution in [0.2, 0.25) is 5.02 Å². The van der Waals surface area contributed by atoms with Gasteiger partial charge in [-0.1, -0.05) is 17.7 Å². The van der Waals surface area contributed by atoms with Crippen molar-refractivity contribution >= 4 is 11.6 Å². The molecule has 0 spiro atoms. The van der Waals surface area contributed by atoms with Crippen molar-refractivity contribution in [1.82, 2.24) is 9.78 Å². The summed E-state index contributed by atoms with van der Waals surface area (Å²) in [5.41, 5.74) is 9.38. The molecule has 0 saturated carbocycles. The molecule has 102 valence electrons. The van der Waals surface area contributed by atoms with E-state index in [4.69, 9.17) is 17.3 Å². The second kappa shape index (κ2) is 5.31. The predicted octanol–water partition coefficient (Wildman–Crippen LogP) is 3.36. The lowest BCUT2D eigenvalue weighted by atomic mass is 10.1. The van der Waals surface area contributed by atoms with Crippen molar-refractivity contribution in [2.75, 3.05) is 0 Å². The predicted molar refractivity (Wildman–Crippen MR) is 74.8 cm³/mol. The van der Waals surface area contributed by atoms with Gasteiger partial charge in [0.1, 0.15) is 5.82 Å². The minimum atomic E-state index is -0.317. The third-order valence-corrected chi connectivity index (χ3v) is 3.46. The second-order valence-electron chi connectivity index (χ2n) is 4.77. The van der Waals surface area contributed by atoms with Gasteiger partial charge in [0, 0.05) is 27.9 Å². The first-order valence-corrected chi connectivity index (χ1v) is 6.51. The highest BCUT2D eigenvalue weighted by Crippen LogP contribution is 2.21. The molecule has 1 aromatic carbocycles. The van der Waals surface area contributed by atoms with Crippen molar-refractivity contribution in [3.63, 3.8) is 0 Å². The Morgan fingerprint density at radius 3 is 2.63 bits per heavy atom. The van der Waals surface area contributed by atoms with Crippen molar-refractivity contribution in [2.45, 2.75) is 33.4 Å². The molecule has 3 nitrogen and oxygen atoms in total. The highest BCUT2D eigenvalue weighted by atomic mass is 35.5. The SMILES string of the molecule is Cc1nn(Cc2ccc(Cl)cc2F)c(C)c1C(C)N. The van der Waals surface area contributed by atoms with E-state index in [2.05, 4.69) is 5.10 Å². The van der Waals surface area contributed by atoms with Crippen LogP contribution in [0.4, 0.5) is 4.39 Å². The lowest BCUT2D eigenvalue weighted by Crippen LogP contribution is -2.09. The van der Waals surface area contributed by atoms with Gasteiger partial charge in [-0.15, -0.1) is 0 Å². The molecule has 1 heterocycles. The van der Waals surface area contributed by atoms with Crippen LogP contribution in [0.3, 0.4) is 0 Å². The third-order valence-electron chi connectivity index (χ3n) is 3.23. The van der Waals surface area contributed by atoms with Crippen LogP contribution in [-0.2, 0) is 6.54 Å². The van der Waals surface area contributed by atoms with Gasteiger partial charge in [0.15, 0.2) is 0 Å². The summed E-state index contributed by atoms with van der Waals surface area (Å²) < 4.78 is 15.6. The molecule has 0 saturated heterocycles. The van der Waals surface area contributed by atoms with Gasteiger partial charge >= 0.3 is 0 Å². The summed E-state index contributed by atoms with van der Waals surface area (Å²) in [4.78, 5) is 0. The number of nitrogens with zero attached hydrogens (tertiary/aromatic N) is 2. The number of aromatic nitrogens is 2. The standard InChI is InChI=1S/C14H17ClFN3/c1-8(17)14-9(2)18-19(10(14)3)7-11-4-5-12(15)6-13(11)16/h4-6,8H,7,17H2,1-3H3. The highest BCUT2D eigenvalue weighted by molar-refractivity contribution is 6.30. The van der Waals surface area contributed by atoms with Gasteiger partial charge < -0.3 is 5.73 Å². The Kier molecular flexibility index (Phi) is 3.92. The molecule has 0 amide bonds. The number of halogens is 2. The quantitative estimate of drug-likeness (QED) is 0.937. The molecule has 0 aliphatic heterocycles. The lowest BCUT2D eigenvalue weighted by Gasteiger charge is -2.08. The normalized spacial score (nSPS) is 12.7. The summed E-state index contributed by atoms with van der Waals surface area (Å²) in [5, 5.41) is 4.82. The van der Waals surface area contributed by atoms with Gasteiger partial charge in [0.25, 0.3) is 0 Å². The maximum atomic E-state index is 13.8. The van der Waals surface area contributed by atoms with Gasteiger partial charge in [-0.25, -0.2) is 4.39 Å². The van der Waals surface area contributed by atoms with E-state index in [9.17, 15) is 4.39 Å². The molecule has 1 unspecified atom stereocenters. The van der Waals surface area contributed by atoms with E-state index < -0.39 is 0 Å². The topological polar surface area (TPSA) is 43.8 Å². The van der Waals surface area contributed by atoms with E-state index >= 15 is 0 Å². The molecule has 5 heteroatoms. The van der Waals surface area contributed by atoms with Crippen molar-refractivity contribution in [3.05, 3.63) is 51.6 Å². The van der Waals surface area contributed by atoms with Crippen LogP contribution < -0.4 is 5.73 Å². The first kappa shape index (κ1) is 14.0. The Morgan fingerprint density at radius 1 is 1.42 bits per heavy atom. The molecule has 2 N–H and O–H groups in total. The van der Waals surface area contributed by atoms with Gasteiger partial charge in [-0.3, -0.25) is 4.68 Å². The van der Waals surface area contributed by atoms with Crippen LogP contribution in [-0.4, -0.2) is 9.78 Å². The molecule has 19 heavy (non-hydrogen) atoms. The summed E-state index contributed by atoms with van der Waals surface area (Å²) in [5.74, 6) is -0.317. The molecular formula is C14H17ClFN3. The highest BCUT2D eigenvalue weighted by Gasteiger charge is 2.15. The van der Waals surface area contributed by atoms with Gasteiger partial charge in [0.2, 0.25) is 0 Å². The number of benzene rings is 1. The monoisotopic (exact) mass is 281 g/mol. The number of rotatable bonds is 3. The molecule has 0 bridgehead atoms. The Morgan fingerprint density at radius 2 is 2.11 bits per heavy atom. The zero-order valence-corrected chi connectivity index (χ0v) is 12.0. The largest absolute Gasteiger partial charge is 0.324 e. The van der Waals surface area contributed by atoms with Crippen LogP contribution in [0.1, 0.15) is 35.5 Å². The molecule has 0 aliphatic rings. The maximum absolute atomic E-state index is 13.8. The van der Waals surface area contributed by atoms with E-state index in [0.717, 1.165) is 17.0 Å². The molecule has 0 aliphatic carbocycles. The third kappa shape index (κ3) is 2.80. The Hall–Kier alpha value is -1.39. The van der Waals surface area contributed by atoms with E-state index in [1.165, 1.54) is 6.07 Å². The number of nitrogens with two attached hydrogens (primary N) is 1. The molecule has 2 rings (SSSR count). The van der Waals surface area contributed by atoms with Crippen molar-refractivity contribution in [1.29, 1.82) is 0 Å². The molecule has 1 atom stereocenters. The minimum Gasteiger partial charge on any atom is -0.324 e. The van der Waals surface area contributed by atoms with Gasteiger partial charge in [-0.2, -0.15) is 5.10 Å².